The van der Waals surface area contributed by atoms with Gasteiger partial charge in [0.1, 0.15) is 5.54 Å². The van der Waals surface area contributed by atoms with Gasteiger partial charge in [0.15, 0.2) is 0 Å². The topological polar surface area (TPSA) is 38.3 Å². The second-order valence-corrected chi connectivity index (χ2v) is 6.31. The number of methoxy groups -OCH3 is 1. The first-order valence-electron chi connectivity index (χ1n) is 5.83. The Morgan fingerprint density at radius 3 is 2.38 bits per heavy atom. The number of esters is 1. The number of thioether (sulfide) groups is 1. The summed E-state index contributed by atoms with van der Waals surface area (Å²) in [5, 5.41) is 3.75. The molecule has 2 unspecified atom stereocenters. The lowest BCUT2D eigenvalue weighted by atomic mass is 9.95. The van der Waals surface area contributed by atoms with E-state index in [0.717, 1.165) is 12.2 Å². The van der Waals surface area contributed by atoms with Crippen LogP contribution in [0.4, 0.5) is 0 Å². The fourth-order valence-electron chi connectivity index (χ4n) is 1.98. The van der Waals surface area contributed by atoms with Crippen LogP contribution in [0.5, 0.6) is 0 Å². The Bertz CT molecular complexity index is 221. The molecule has 0 heterocycles. The standard InChI is InChI=1S/C12H25NO2S/c1-7-16-10(4)8-12(5,11(14)15-6)13-9(2)3/h9-10,13H,7-8H2,1-6H3. The maximum absolute atomic E-state index is 11.8. The third-order valence-electron chi connectivity index (χ3n) is 2.39. The first-order chi connectivity index (χ1) is 7.35. The number of carbonyl (C=O) groups excluding carboxylic acids is 1. The van der Waals surface area contributed by atoms with E-state index < -0.39 is 5.54 Å². The van der Waals surface area contributed by atoms with Gasteiger partial charge in [0.25, 0.3) is 0 Å². The minimum atomic E-state index is -0.579. The highest BCUT2D eigenvalue weighted by atomic mass is 32.2. The molecule has 96 valence electrons. The molecule has 0 aromatic heterocycles. The van der Waals surface area contributed by atoms with Gasteiger partial charge in [0, 0.05) is 11.3 Å². The predicted octanol–water partition coefficient (Wildman–Crippen LogP) is 2.45. The zero-order valence-corrected chi connectivity index (χ0v) is 12.1. The van der Waals surface area contributed by atoms with Gasteiger partial charge in [-0.15, -0.1) is 0 Å². The molecule has 0 spiro atoms. The van der Waals surface area contributed by atoms with E-state index in [2.05, 4.69) is 19.2 Å². The third kappa shape index (κ3) is 5.21. The Kier molecular flexibility index (Phi) is 7.07. The molecule has 0 aromatic rings. The van der Waals surface area contributed by atoms with Gasteiger partial charge in [-0.2, -0.15) is 11.8 Å². The summed E-state index contributed by atoms with van der Waals surface area (Å²) in [4.78, 5) is 11.8. The third-order valence-corrected chi connectivity index (χ3v) is 3.46. The second kappa shape index (κ2) is 7.17. The van der Waals surface area contributed by atoms with Crippen molar-refractivity contribution in [1.29, 1.82) is 0 Å². The Labute approximate surface area is 104 Å². The lowest BCUT2D eigenvalue weighted by molar-refractivity contribution is -0.148. The summed E-state index contributed by atoms with van der Waals surface area (Å²) in [6.07, 6.45) is 0.788. The molecule has 1 N–H and O–H groups in total. The molecule has 0 radical (unpaired) electrons. The molecule has 3 nitrogen and oxygen atoms in total. The molecular formula is C12H25NO2S. The number of hydrogen-bond donors (Lipinski definition) is 1. The molecule has 0 amide bonds. The average molecular weight is 247 g/mol. The van der Waals surface area contributed by atoms with E-state index in [1.807, 2.05) is 32.5 Å². The van der Waals surface area contributed by atoms with Crippen LogP contribution in [-0.2, 0) is 9.53 Å². The van der Waals surface area contributed by atoms with Gasteiger partial charge in [-0.1, -0.05) is 13.8 Å². The highest BCUT2D eigenvalue weighted by Gasteiger charge is 2.36. The fourth-order valence-corrected chi connectivity index (χ4v) is 3.00. The van der Waals surface area contributed by atoms with Crippen molar-refractivity contribution in [3.8, 4) is 0 Å². The maximum atomic E-state index is 11.8. The molecule has 0 aliphatic carbocycles. The van der Waals surface area contributed by atoms with Crippen molar-refractivity contribution in [2.24, 2.45) is 0 Å². The summed E-state index contributed by atoms with van der Waals surface area (Å²) >= 11 is 1.87. The minimum absolute atomic E-state index is 0.176. The Hall–Kier alpha value is -0.220. The van der Waals surface area contributed by atoms with Gasteiger partial charge in [-0.3, -0.25) is 10.1 Å². The highest BCUT2D eigenvalue weighted by Crippen LogP contribution is 2.23. The van der Waals surface area contributed by atoms with Gasteiger partial charge in [-0.25, -0.2) is 0 Å². The fraction of sp³-hybridized carbons (Fsp3) is 0.917. The van der Waals surface area contributed by atoms with E-state index >= 15 is 0 Å². The smallest absolute Gasteiger partial charge is 0.325 e. The van der Waals surface area contributed by atoms with Gasteiger partial charge < -0.3 is 4.74 Å². The van der Waals surface area contributed by atoms with Crippen molar-refractivity contribution in [2.45, 2.75) is 57.9 Å². The van der Waals surface area contributed by atoms with E-state index in [4.69, 9.17) is 4.74 Å². The second-order valence-electron chi connectivity index (χ2n) is 4.59. The molecule has 2 atom stereocenters. The largest absolute Gasteiger partial charge is 0.468 e. The van der Waals surface area contributed by atoms with Crippen LogP contribution >= 0.6 is 11.8 Å². The van der Waals surface area contributed by atoms with Crippen molar-refractivity contribution in [3.05, 3.63) is 0 Å². The van der Waals surface area contributed by atoms with Crippen LogP contribution in [-0.4, -0.2) is 35.7 Å². The predicted molar refractivity (Wildman–Crippen MR) is 70.9 cm³/mol. The summed E-state index contributed by atoms with van der Waals surface area (Å²) in [5.41, 5.74) is -0.579. The van der Waals surface area contributed by atoms with Crippen LogP contribution in [0, 0.1) is 0 Å². The van der Waals surface area contributed by atoms with Crippen molar-refractivity contribution in [2.75, 3.05) is 12.9 Å². The Balaban J connectivity index is 4.59. The first-order valence-corrected chi connectivity index (χ1v) is 6.88. The van der Waals surface area contributed by atoms with Gasteiger partial charge >= 0.3 is 5.97 Å². The monoisotopic (exact) mass is 247 g/mol. The molecule has 0 saturated carbocycles. The summed E-state index contributed by atoms with van der Waals surface area (Å²) in [7, 11) is 1.44. The minimum Gasteiger partial charge on any atom is -0.468 e. The Morgan fingerprint density at radius 2 is 2.00 bits per heavy atom. The van der Waals surface area contributed by atoms with Crippen LogP contribution in [0.1, 0.15) is 41.0 Å². The number of nitrogens with one attached hydrogen (secondary N) is 1. The number of carbonyl (C=O) groups is 1. The molecule has 0 fully saturated rings. The quantitative estimate of drug-likeness (QED) is 0.701. The molecule has 4 heteroatoms. The summed E-state index contributed by atoms with van der Waals surface area (Å²) < 4.78 is 4.88. The van der Waals surface area contributed by atoms with E-state index in [1.54, 1.807) is 0 Å². The highest BCUT2D eigenvalue weighted by molar-refractivity contribution is 7.99. The van der Waals surface area contributed by atoms with Crippen molar-refractivity contribution in [1.82, 2.24) is 5.32 Å². The van der Waals surface area contributed by atoms with Gasteiger partial charge in [-0.05, 0) is 32.9 Å². The van der Waals surface area contributed by atoms with E-state index in [9.17, 15) is 4.79 Å². The van der Waals surface area contributed by atoms with Crippen LogP contribution in [0.25, 0.3) is 0 Å². The number of ether oxygens (including phenoxy) is 1. The molecule has 16 heavy (non-hydrogen) atoms. The molecular weight excluding hydrogens is 222 g/mol. The maximum Gasteiger partial charge on any atom is 0.325 e. The zero-order valence-electron chi connectivity index (χ0n) is 11.3. The van der Waals surface area contributed by atoms with Crippen LogP contribution < -0.4 is 5.32 Å². The van der Waals surface area contributed by atoms with E-state index in [1.165, 1.54) is 7.11 Å². The molecule has 0 rings (SSSR count). The molecule has 0 saturated heterocycles. The van der Waals surface area contributed by atoms with Crippen LogP contribution in [0.3, 0.4) is 0 Å². The first kappa shape index (κ1) is 15.8. The SMILES string of the molecule is CCSC(C)CC(C)(NC(C)C)C(=O)OC. The zero-order chi connectivity index (χ0) is 12.8. The van der Waals surface area contributed by atoms with Gasteiger partial charge in [0.05, 0.1) is 7.11 Å². The van der Waals surface area contributed by atoms with Crippen molar-refractivity contribution < 1.29 is 9.53 Å². The summed E-state index contributed by atoms with van der Waals surface area (Å²) in [6.45, 7) is 10.3. The van der Waals surface area contributed by atoms with E-state index in [-0.39, 0.29) is 12.0 Å². The van der Waals surface area contributed by atoms with E-state index in [0.29, 0.717) is 5.25 Å². The number of hydrogen-bond acceptors (Lipinski definition) is 4. The summed E-state index contributed by atoms with van der Waals surface area (Å²) in [6, 6.07) is 0.267. The van der Waals surface area contributed by atoms with Crippen molar-refractivity contribution >= 4 is 17.7 Å². The summed E-state index contributed by atoms with van der Waals surface area (Å²) in [5.74, 6) is 0.893. The lowest BCUT2D eigenvalue weighted by Crippen LogP contribution is -2.54. The normalized spacial score (nSPS) is 16.9. The molecule has 0 bridgehead atoms. The average Bonchev–Trinajstić information content (AvgIpc) is 2.15. The van der Waals surface area contributed by atoms with Crippen LogP contribution in [0.15, 0.2) is 0 Å². The van der Waals surface area contributed by atoms with Crippen LogP contribution in [0.2, 0.25) is 0 Å². The molecule has 0 aromatic carbocycles. The lowest BCUT2D eigenvalue weighted by Gasteiger charge is -2.32. The Morgan fingerprint density at radius 1 is 1.44 bits per heavy atom. The molecule has 0 aliphatic rings. The number of rotatable bonds is 7. The van der Waals surface area contributed by atoms with Crippen molar-refractivity contribution in [3.63, 3.8) is 0 Å². The van der Waals surface area contributed by atoms with Gasteiger partial charge in [0.2, 0.25) is 0 Å². The molecule has 0 aliphatic heterocycles.